The Morgan fingerprint density at radius 1 is 1.36 bits per heavy atom. The van der Waals surface area contributed by atoms with E-state index >= 15 is 0 Å². The zero-order chi connectivity index (χ0) is 17.6. The molecular weight excluding hydrogens is 314 g/mol. The SMILES string of the molecule is CC(C)CN1CCn2nc(CNC(=O)[C@@H]3[C@@H]4CC[C@@H](C4)[C@@H]3N)cc2C1. The smallest absolute Gasteiger partial charge is 0.225 e. The number of nitrogens with zero attached hydrogens (tertiary/aromatic N) is 3. The molecule has 0 radical (unpaired) electrons. The summed E-state index contributed by atoms with van der Waals surface area (Å²) >= 11 is 0. The van der Waals surface area contributed by atoms with E-state index in [4.69, 9.17) is 5.73 Å². The van der Waals surface area contributed by atoms with E-state index in [0.717, 1.165) is 38.3 Å². The third-order valence-electron chi connectivity index (χ3n) is 6.28. The molecule has 6 nitrogen and oxygen atoms in total. The van der Waals surface area contributed by atoms with E-state index in [1.165, 1.54) is 18.5 Å². The van der Waals surface area contributed by atoms with Crippen LogP contribution in [0.15, 0.2) is 6.07 Å². The van der Waals surface area contributed by atoms with E-state index in [0.29, 0.717) is 24.3 Å². The minimum absolute atomic E-state index is 0.0116. The average Bonchev–Trinajstić information content (AvgIpc) is 3.25. The highest BCUT2D eigenvalue weighted by Crippen LogP contribution is 2.47. The molecule has 0 unspecified atom stereocenters. The van der Waals surface area contributed by atoms with Crippen LogP contribution in [0.4, 0.5) is 0 Å². The molecule has 1 amide bonds. The van der Waals surface area contributed by atoms with Crippen molar-refractivity contribution in [1.29, 1.82) is 0 Å². The minimum Gasteiger partial charge on any atom is -0.350 e. The van der Waals surface area contributed by atoms with Crippen LogP contribution in [0.5, 0.6) is 0 Å². The van der Waals surface area contributed by atoms with Crippen molar-refractivity contribution in [3.8, 4) is 0 Å². The third-order valence-corrected chi connectivity index (χ3v) is 6.28. The van der Waals surface area contributed by atoms with Crippen LogP contribution in [0.25, 0.3) is 0 Å². The summed E-state index contributed by atoms with van der Waals surface area (Å²) in [6, 6.07) is 2.20. The van der Waals surface area contributed by atoms with Crippen molar-refractivity contribution in [2.24, 2.45) is 29.4 Å². The fraction of sp³-hybridized carbons (Fsp3) is 0.789. The Morgan fingerprint density at radius 2 is 2.16 bits per heavy atom. The van der Waals surface area contributed by atoms with Crippen LogP contribution in [0, 0.1) is 23.7 Å². The van der Waals surface area contributed by atoms with Gasteiger partial charge in [0.05, 0.1) is 30.4 Å². The zero-order valence-electron chi connectivity index (χ0n) is 15.4. The number of rotatable bonds is 5. The van der Waals surface area contributed by atoms with Crippen molar-refractivity contribution in [2.75, 3.05) is 13.1 Å². The summed E-state index contributed by atoms with van der Waals surface area (Å²) in [4.78, 5) is 15.1. The molecule has 138 valence electrons. The van der Waals surface area contributed by atoms with Gasteiger partial charge < -0.3 is 11.1 Å². The number of nitrogens with two attached hydrogens (primary N) is 1. The zero-order valence-corrected chi connectivity index (χ0v) is 15.4. The molecule has 2 saturated carbocycles. The highest BCUT2D eigenvalue weighted by Gasteiger charge is 2.48. The molecular formula is C19H31N5O. The van der Waals surface area contributed by atoms with Gasteiger partial charge in [0.1, 0.15) is 0 Å². The molecule has 0 saturated heterocycles. The van der Waals surface area contributed by atoms with E-state index in [9.17, 15) is 4.79 Å². The molecule has 6 heteroatoms. The third kappa shape index (κ3) is 3.34. The number of aromatic nitrogens is 2. The molecule has 3 N–H and O–H groups in total. The number of hydrogen-bond acceptors (Lipinski definition) is 4. The largest absolute Gasteiger partial charge is 0.350 e. The Balaban J connectivity index is 1.34. The first-order valence-electron chi connectivity index (χ1n) is 9.82. The lowest BCUT2D eigenvalue weighted by atomic mass is 9.84. The van der Waals surface area contributed by atoms with Gasteiger partial charge >= 0.3 is 0 Å². The molecule has 4 atom stereocenters. The normalized spacial score (nSPS) is 31.5. The van der Waals surface area contributed by atoms with Crippen LogP contribution in [0.1, 0.15) is 44.5 Å². The predicted octanol–water partition coefficient (Wildman–Crippen LogP) is 1.34. The van der Waals surface area contributed by atoms with Crippen LogP contribution in [-0.4, -0.2) is 39.7 Å². The predicted molar refractivity (Wildman–Crippen MR) is 96.5 cm³/mol. The van der Waals surface area contributed by atoms with Crippen molar-refractivity contribution in [1.82, 2.24) is 20.0 Å². The summed E-state index contributed by atoms with van der Waals surface area (Å²) in [6.07, 6.45) is 3.51. The van der Waals surface area contributed by atoms with Gasteiger partial charge in [-0.2, -0.15) is 5.10 Å². The monoisotopic (exact) mass is 345 g/mol. The van der Waals surface area contributed by atoms with Gasteiger partial charge in [0.15, 0.2) is 0 Å². The maximum atomic E-state index is 12.6. The van der Waals surface area contributed by atoms with Crippen molar-refractivity contribution in [3.63, 3.8) is 0 Å². The lowest BCUT2D eigenvalue weighted by Gasteiger charge is -2.28. The average molecular weight is 345 g/mol. The summed E-state index contributed by atoms with van der Waals surface area (Å²) < 4.78 is 2.10. The Labute approximate surface area is 150 Å². The molecule has 1 aromatic heterocycles. The molecule has 1 aliphatic heterocycles. The summed E-state index contributed by atoms with van der Waals surface area (Å²) in [7, 11) is 0. The first kappa shape index (κ1) is 17.0. The van der Waals surface area contributed by atoms with Crippen LogP contribution in [0.2, 0.25) is 0 Å². The van der Waals surface area contributed by atoms with Gasteiger partial charge in [-0.3, -0.25) is 14.4 Å². The van der Waals surface area contributed by atoms with Gasteiger partial charge in [-0.15, -0.1) is 0 Å². The topological polar surface area (TPSA) is 76.2 Å². The van der Waals surface area contributed by atoms with Crippen molar-refractivity contribution >= 4 is 5.91 Å². The first-order chi connectivity index (χ1) is 12.0. The van der Waals surface area contributed by atoms with Crippen LogP contribution in [-0.2, 0) is 24.4 Å². The number of fused-ring (bicyclic) bond motifs is 3. The standard InChI is InChI=1S/C19H31N5O/c1-12(2)10-23-5-6-24-16(11-23)8-15(22-24)9-21-19(25)17-13-3-4-14(7-13)18(17)20/h8,12-14,17-18H,3-7,9-11,20H2,1-2H3,(H,21,25)/t13-,14+,17-,18+/m1/s1. The summed E-state index contributed by atoms with van der Waals surface area (Å²) in [6.45, 7) is 9.10. The van der Waals surface area contributed by atoms with Gasteiger partial charge in [-0.1, -0.05) is 13.8 Å². The number of amides is 1. The van der Waals surface area contributed by atoms with Gasteiger partial charge in [0.2, 0.25) is 5.91 Å². The minimum atomic E-state index is 0.0116. The van der Waals surface area contributed by atoms with E-state index in [-0.39, 0.29) is 17.9 Å². The van der Waals surface area contributed by atoms with Gasteiger partial charge in [-0.05, 0) is 43.1 Å². The number of carbonyl (C=O) groups is 1. The maximum Gasteiger partial charge on any atom is 0.225 e. The highest BCUT2D eigenvalue weighted by atomic mass is 16.1. The van der Waals surface area contributed by atoms with E-state index in [1.807, 2.05) is 0 Å². The van der Waals surface area contributed by atoms with Crippen molar-refractivity contribution in [2.45, 2.75) is 58.8 Å². The molecule has 0 aromatic carbocycles. The second kappa shape index (κ2) is 6.72. The lowest BCUT2D eigenvalue weighted by molar-refractivity contribution is -0.127. The molecule has 4 rings (SSSR count). The second-order valence-electron chi connectivity index (χ2n) is 8.63. The molecule has 25 heavy (non-hydrogen) atoms. The van der Waals surface area contributed by atoms with Gasteiger partial charge in [0, 0.05) is 25.7 Å². The number of nitrogens with one attached hydrogen (secondary N) is 1. The summed E-state index contributed by atoms with van der Waals surface area (Å²) in [5.41, 5.74) is 8.50. The summed E-state index contributed by atoms with van der Waals surface area (Å²) in [5.74, 6) is 1.89. The Kier molecular flexibility index (Phi) is 4.58. The quantitative estimate of drug-likeness (QED) is 0.844. The molecule has 2 fully saturated rings. The fourth-order valence-corrected chi connectivity index (χ4v) is 5.16. The molecule has 1 aromatic rings. The van der Waals surface area contributed by atoms with Crippen LogP contribution < -0.4 is 11.1 Å². The Bertz CT molecular complexity index is 638. The van der Waals surface area contributed by atoms with Gasteiger partial charge in [0.25, 0.3) is 0 Å². The lowest BCUT2D eigenvalue weighted by Crippen LogP contribution is -2.45. The van der Waals surface area contributed by atoms with Crippen LogP contribution in [0.3, 0.4) is 0 Å². The number of carbonyl (C=O) groups excluding carboxylic acids is 1. The molecule has 2 aliphatic carbocycles. The Hall–Kier alpha value is -1.40. The highest BCUT2D eigenvalue weighted by molar-refractivity contribution is 5.80. The molecule has 2 bridgehead atoms. The van der Waals surface area contributed by atoms with E-state index in [2.05, 4.69) is 39.9 Å². The maximum absolute atomic E-state index is 12.6. The number of hydrogen-bond donors (Lipinski definition) is 2. The van der Waals surface area contributed by atoms with Crippen molar-refractivity contribution in [3.05, 3.63) is 17.5 Å². The van der Waals surface area contributed by atoms with Crippen molar-refractivity contribution < 1.29 is 4.79 Å². The van der Waals surface area contributed by atoms with E-state index < -0.39 is 0 Å². The molecule has 2 heterocycles. The fourth-order valence-electron chi connectivity index (χ4n) is 5.16. The van der Waals surface area contributed by atoms with Gasteiger partial charge in [-0.25, -0.2) is 0 Å². The van der Waals surface area contributed by atoms with E-state index in [1.54, 1.807) is 0 Å². The molecule has 3 aliphatic rings. The first-order valence-corrected chi connectivity index (χ1v) is 9.82. The Morgan fingerprint density at radius 3 is 2.88 bits per heavy atom. The second-order valence-corrected chi connectivity index (χ2v) is 8.63. The summed E-state index contributed by atoms with van der Waals surface area (Å²) in [5, 5.41) is 7.77. The molecule has 0 spiro atoms. The van der Waals surface area contributed by atoms with Crippen LogP contribution >= 0.6 is 0 Å².